The summed E-state index contributed by atoms with van der Waals surface area (Å²) < 4.78 is 6.63. The van der Waals surface area contributed by atoms with Gasteiger partial charge in [-0.3, -0.25) is 10.1 Å². The summed E-state index contributed by atoms with van der Waals surface area (Å²) in [4.78, 5) is 11.7. The van der Waals surface area contributed by atoms with E-state index in [0.29, 0.717) is 6.54 Å². The molecule has 0 aromatic carbocycles. The predicted octanol–water partition coefficient (Wildman–Crippen LogP) is 1.62. The van der Waals surface area contributed by atoms with Crippen molar-refractivity contribution >= 4 is 11.5 Å². The SMILES string of the molecule is COC(=O)[C@@H](NCc1cnn2ccccc12)C(C)C. The van der Waals surface area contributed by atoms with Gasteiger partial charge >= 0.3 is 5.97 Å². The lowest BCUT2D eigenvalue weighted by Crippen LogP contribution is -2.41. The van der Waals surface area contributed by atoms with E-state index in [2.05, 4.69) is 10.4 Å². The third-order valence-corrected chi connectivity index (χ3v) is 3.14. The minimum atomic E-state index is -0.302. The summed E-state index contributed by atoms with van der Waals surface area (Å²) in [5.74, 6) is -0.0548. The Labute approximate surface area is 112 Å². The highest BCUT2D eigenvalue weighted by molar-refractivity contribution is 5.76. The molecule has 2 rings (SSSR count). The molecule has 0 aliphatic carbocycles. The van der Waals surface area contributed by atoms with Gasteiger partial charge in [0.1, 0.15) is 6.04 Å². The minimum Gasteiger partial charge on any atom is -0.468 e. The Morgan fingerprint density at radius 1 is 1.47 bits per heavy atom. The summed E-state index contributed by atoms with van der Waals surface area (Å²) in [5, 5.41) is 7.50. The molecule has 5 heteroatoms. The van der Waals surface area contributed by atoms with Crippen molar-refractivity contribution in [3.05, 3.63) is 36.2 Å². The van der Waals surface area contributed by atoms with Crippen LogP contribution in [0, 0.1) is 5.92 Å². The standard InChI is InChI=1S/C14H19N3O2/c1-10(2)13(14(18)19-3)15-8-11-9-16-17-7-5-4-6-12(11)17/h4-7,9-10,13,15H,8H2,1-3H3/t13-/m0/s1. The van der Waals surface area contributed by atoms with Crippen molar-refractivity contribution in [2.45, 2.75) is 26.4 Å². The highest BCUT2D eigenvalue weighted by Gasteiger charge is 2.22. The van der Waals surface area contributed by atoms with E-state index in [9.17, 15) is 4.79 Å². The molecule has 0 bridgehead atoms. The molecule has 0 saturated carbocycles. The molecule has 2 aromatic heterocycles. The van der Waals surface area contributed by atoms with Crippen molar-refractivity contribution < 1.29 is 9.53 Å². The third-order valence-electron chi connectivity index (χ3n) is 3.14. The summed E-state index contributed by atoms with van der Waals surface area (Å²) in [6, 6.07) is 5.61. The van der Waals surface area contributed by atoms with Crippen LogP contribution in [-0.4, -0.2) is 28.7 Å². The number of carbonyl (C=O) groups excluding carboxylic acids is 1. The van der Waals surface area contributed by atoms with E-state index in [4.69, 9.17) is 4.74 Å². The normalized spacial score (nSPS) is 12.8. The minimum absolute atomic E-state index is 0.175. The molecule has 0 unspecified atom stereocenters. The Morgan fingerprint density at radius 3 is 2.95 bits per heavy atom. The Morgan fingerprint density at radius 2 is 2.26 bits per heavy atom. The number of rotatable bonds is 5. The van der Waals surface area contributed by atoms with Crippen LogP contribution < -0.4 is 5.32 Å². The van der Waals surface area contributed by atoms with Gasteiger partial charge in [0.25, 0.3) is 0 Å². The maximum atomic E-state index is 11.7. The zero-order valence-electron chi connectivity index (χ0n) is 11.5. The molecule has 0 spiro atoms. The van der Waals surface area contributed by atoms with Crippen LogP contribution in [0.2, 0.25) is 0 Å². The maximum absolute atomic E-state index is 11.7. The number of methoxy groups -OCH3 is 1. The molecule has 0 fully saturated rings. The summed E-state index contributed by atoms with van der Waals surface area (Å²) in [5.41, 5.74) is 2.11. The number of esters is 1. The van der Waals surface area contributed by atoms with Gasteiger partial charge in [0.15, 0.2) is 0 Å². The molecule has 0 saturated heterocycles. The summed E-state index contributed by atoms with van der Waals surface area (Å²) in [6.45, 7) is 4.57. The summed E-state index contributed by atoms with van der Waals surface area (Å²) >= 11 is 0. The second kappa shape index (κ2) is 5.84. The number of nitrogens with zero attached hydrogens (tertiary/aromatic N) is 2. The van der Waals surface area contributed by atoms with Crippen molar-refractivity contribution in [2.75, 3.05) is 7.11 Å². The lowest BCUT2D eigenvalue weighted by atomic mass is 10.0. The quantitative estimate of drug-likeness (QED) is 0.831. The number of fused-ring (bicyclic) bond motifs is 1. The number of carbonyl (C=O) groups is 1. The lowest BCUT2D eigenvalue weighted by molar-refractivity contribution is -0.144. The van der Waals surface area contributed by atoms with Crippen LogP contribution in [0.25, 0.3) is 5.52 Å². The van der Waals surface area contributed by atoms with E-state index >= 15 is 0 Å². The smallest absolute Gasteiger partial charge is 0.323 e. The highest BCUT2D eigenvalue weighted by atomic mass is 16.5. The molecule has 1 N–H and O–H groups in total. The summed E-state index contributed by atoms with van der Waals surface area (Å²) in [6.07, 6.45) is 3.72. The Kier molecular flexibility index (Phi) is 4.16. The first-order valence-corrected chi connectivity index (χ1v) is 6.36. The topological polar surface area (TPSA) is 55.6 Å². The molecule has 0 radical (unpaired) electrons. The molecule has 0 amide bonds. The maximum Gasteiger partial charge on any atom is 0.323 e. The van der Waals surface area contributed by atoms with Gasteiger partial charge in [-0.05, 0) is 18.1 Å². The fraction of sp³-hybridized carbons (Fsp3) is 0.429. The molecule has 5 nitrogen and oxygen atoms in total. The van der Waals surface area contributed by atoms with Gasteiger partial charge in [-0.2, -0.15) is 5.10 Å². The van der Waals surface area contributed by atoms with E-state index in [1.807, 2.05) is 49.0 Å². The van der Waals surface area contributed by atoms with Crippen LogP contribution in [0.4, 0.5) is 0 Å². The first-order valence-electron chi connectivity index (χ1n) is 6.36. The van der Waals surface area contributed by atoms with Gasteiger partial charge in [-0.25, -0.2) is 4.52 Å². The van der Waals surface area contributed by atoms with Gasteiger partial charge in [0.2, 0.25) is 0 Å². The van der Waals surface area contributed by atoms with Crippen LogP contribution in [0.1, 0.15) is 19.4 Å². The Bertz CT molecular complexity index is 563. The van der Waals surface area contributed by atoms with Gasteiger partial charge < -0.3 is 4.74 Å². The zero-order valence-corrected chi connectivity index (χ0v) is 11.5. The van der Waals surface area contributed by atoms with Crippen molar-refractivity contribution in [2.24, 2.45) is 5.92 Å². The summed E-state index contributed by atoms with van der Waals surface area (Å²) in [7, 11) is 1.41. The lowest BCUT2D eigenvalue weighted by Gasteiger charge is -2.19. The van der Waals surface area contributed by atoms with Crippen molar-refractivity contribution in [3.8, 4) is 0 Å². The number of pyridine rings is 1. The van der Waals surface area contributed by atoms with E-state index in [1.165, 1.54) is 7.11 Å². The highest BCUT2D eigenvalue weighted by Crippen LogP contribution is 2.11. The average Bonchev–Trinajstić information content (AvgIpc) is 2.82. The van der Waals surface area contributed by atoms with Gasteiger partial charge in [0.05, 0.1) is 18.8 Å². The van der Waals surface area contributed by atoms with Crippen LogP contribution >= 0.6 is 0 Å². The molecule has 1 atom stereocenters. The number of aromatic nitrogens is 2. The monoisotopic (exact) mass is 261 g/mol. The van der Waals surface area contributed by atoms with Crippen LogP contribution in [-0.2, 0) is 16.1 Å². The van der Waals surface area contributed by atoms with Crippen LogP contribution in [0.15, 0.2) is 30.6 Å². The van der Waals surface area contributed by atoms with Gasteiger partial charge in [0, 0.05) is 18.3 Å². The Hall–Kier alpha value is -1.88. The number of hydrogen-bond donors (Lipinski definition) is 1. The van der Waals surface area contributed by atoms with Gasteiger partial charge in [-0.1, -0.05) is 19.9 Å². The van der Waals surface area contributed by atoms with E-state index < -0.39 is 0 Å². The second-order valence-electron chi connectivity index (χ2n) is 4.83. The molecule has 0 aliphatic rings. The molecule has 19 heavy (non-hydrogen) atoms. The molecule has 0 aliphatic heterocycles. The van der Waals surface area contributed by atoms with Crippen LogP contribution in [0.5, 0.6) is 0 Å². The van der Waals surface area contributed by atoms with Crippen molar-refractivity contribution in [1.29, 1.82) is 0 Å². The Balaban J connectivity index is 2.11. The van der Waals surface area contributed by atoms with E-state index in [1.54, 1.807) is 0 Å². The zero-order chi connectivity index (χ0) is 13.8. The first-order chi connectivity index (χ1) is 9.13. The molecular weight excluding hydrogens is 242 g/mol. The van der Waals surface area contributed by atoms with E-state index in [-0.39, 0.29) is 17.9 Å². The predicted molar refractivity (Wildman–Crippen MR) is 72.7 cm³/mol. The second-order valence-corrected chi connectivity index (χ2v) is 4.83. The fourth-order valence-corrected chi connectivity index (χ4v) is 2.06. The van der Waals surface area contributed by atoms with E-state index in [0.717, 1.165) is 11.1 Å². The molecule has 102 valence electrons. The number of hydrogen-bond acceptors (Lipinski definition) is 4. The molecular formula is C14H19N3O2. The van der Waals surface area contributed by atoms with Crippen molar-refractivity contribution in [3.63, 3.8) is 0 Å². The third kappa shape index (κ3) is 2.93. The number of nitrogens with one attached hydrogen (secondary N) is 1. The largest absolute Gasteiger partial charge is 0.468 e. The number of ether oxygens (including phenoxy) is 1. The molecule has 2 heterocycles. The first kappa shape index (κ1) is 13.5. The van der Waals surface area contributed by atoms with Crippen molar-refractivity contribution in [1.82, 2.24) is 14.9 Å². The fourth-order valence-electron chi connectivity index (χ4n) is 2.06. The average molecular weight is 261 g/mol. The molecule has 2 aromatic rings. The van der Waals surface area contributed by atoms with Gasteiger partial charge in [-0.15, -0.1) is 0 Å². The van der Waals surface area contributed by atoms with Crippen LogP contribution in [0.3, 0.4) is 0 Å².